The van der Waals surface area contributed by atoms with Gasteiger partial charge in [-0.1, -0.05) is 65.7 Å². The maximum atomic E-state index is 6.62. The number of halogens is 1. The molecule has 2 aliphatic heterocycles. The third-order valence-electron chi connectivity index (χ3n) is 5.86. The number of aryl methyl sites for hydroxylation is 1. The summed E-state index contributed by atoms with van der Waals surface area (Å²) in [5.74, 6) is 1.56. The van der Waals surface area contributed by atoms with Gasteiger partial charge in [-0.05, 0) is 42.3 Å². The minimum absolute atomic E-state index is 0.149. The number of rotatable bonds is 2. The highest BCUT2D eigenvalue weighted by Crippen LogP contribution is 2.50. The van der Waals surface area contributed by atoms with Crippen LogP contribution < -0.4 is 10.1 Å². The highest BCUT2D eigenvalue weighted by atomic mass is 35.5. The smallest absolute Gasteiger partial charge is 0.226 e. The molecule has 0 saturated carbocycles. The van der Waals surface area contributed by atoms with Crippen LogP contribution in [0, 0.1) is 6.92 Å². The first-order valence-corrected chi connectivity index (χ1v) is 10.6. The molecule has 3 aromatic carbocycles. The number of nitrogens with zero attached hydrogens (tertiary/aromatic N) is 3. The highest BCUT2D eigenvalue weighted by molar-refractivity contribution is 6.30. The fraction of sp³-hybridized carbons (Fsp3) is 0.120. The molecule has 0 unspecified atom stereocenters. The lowest BCUT2D eigenvalue weighted by Crippen LogP contribution is -2.32. The van der Waals surface area contributed by atoms with Crippen molar-refractivity contribution in [3.8, 4) is 5.75 Å². The topological polar surface area (TPSA) is 52.0 Å². The summed E-state index contributed by atoms with van der Waals surface area (Å²) in [5.41, 5.74) is 6.50. The second-order valence-corrected chi connectivity index (χ2v) is 8.28. The molecule has 0 fully saturated rings. The van der Waals surface area contributed by atoms with Gasteiger partial charge in [0.05, 0.1) is 5.70 Å². The highest BCUT2D eigenvalue weighted by Gasteiger charge is 2.40. The zero-order valence-electron chi connectivity index (χ0n) is 16.8. The van der Waals surface area contributed by atoms with E-state index in [0.717, 1.165) is 39.7 Å². The van der Waals surface area contributed by atoms with E-state index in [1.165, 1.54) is 5.56 Å². The minimum atomic E-state index is -0.294. The van der Waals surface area contributed by atoms with Crippen molar-refractivity contribution in [2.45, 2.75) is 19.1 Å². The Bertz CT molecular complexity index is 1310. The van der Waals surface area contributed by atoms with E-state index in [2.05, 4.69) is 46.6 Å². The molecule has 3 heterocycles. The summed E-state index contributed by atoms with van der Waals surface area (Å²) < 4.78 is 8.55. The molecule has 31 heavy (non-hydrogen) atoms. The maximum Gasteiger partial charge on any atom is 0.226 e. The fourth-order valence-electron chi connectivity index (χ4n) is 4.45. The van der Waals surface area contributed by atoms with Crippen molar-refractivity contribution in [3.05, 3.63) is 112 Å². The second-order valence-electron chi connectivity index (χ2n) is 7.85. The largest absolute Gasteiger partial charge is 0.480 e. The van der Waals surface area contributed by atoms with Crippen molar-refractivity contribution in [1.82, 2.24) is 14.8 Å². The van der Waals surface area contributed by atoms with Gasteiger partial charge >= 0.3 is 0 Å². The van der Waals surface area contributed by atoms with Crippen LogP contribution in [-0.2, 0) is 0 Å². The van der Waals surface area contributed by atoms with Crippen LogP contribution in [0.15, 0.2) is 84.7 Å². The summed E-state index contributed by atoms with van der Waals surface area (Å²) in [4.78, 5) is 4.48. The number of hydrogen-bond acceptors (Lipinski definition) is 4. The molecule has 5 nitrogen and oxygen atoms in total. The molecule has 0 bridgehead atoms. The molecule has 6 rings (SSSR count). The molecule has 1 aromatic heterocycles. The lowest BCUT2D eigenvalue weighted by atomic mass is 9.84. The van der Waals surface area contributed by atoms with Crippen molar-refractivity contribution in [2.75, 3.05) is 5.32 Å². The Morgan fingerprint density at radius 1 is 0.968 bits per heavy atom. The first-order valence-electron chi connectivity index (χ1n) is 10.2. The van der Waals surface area contributed by atoms with Crippen LogP contribution in [0.4, 0.5) is 5.95 Å². The molecule has 152 valence electrons. The molecule has 0 amide bonds. The van der Waals surface area contributed by atoms with Gasteiger partial charge in [-0.25, -0.2) is 4.68 Å². The van der Waals surface area contributed by atoms with Crippen LogP contribution in [0.2, 0.25) is 5.02 Å². The fourth-order valence-corrected chi connectivity index (χ4v) is 4.58. The standard InChI is InChI=1S/C25H19ClN4O/c1-15-7-12-20-19(13-15)22-21(24(31-20)17-8-10-18(26)11-9-17)23(16-5-3-2-4-6-16)30-25(29-22)27-14-28-30/h2-14,23-24H,1H3,(H,27,28,29)/t23-,24+/m1/s1. The van der Waals surface area contributed by atoms with Gasteiger partial charge in [-0.15, -0.1) is 0 Å². The van der Waals surface area contributed by atoms with Gasteiger partial charge in [0.15, 0.2) is 0 Å². The first-order chi connectivity index (χ1) is 15.2. The van der Waals surface area contributed by atoms with E-state index in [1.807, 2.05) is 53.2 Å². The summed E-state index contributed by atoms with van der Waals surface area (Å²) in [6.07, 6.45) is 1.30. The molecule has 0 saturated heterocycles. The number of aromatic nitrogens is 3. The quantitative estimate of drug-likeness (QED) is 0.440. The van der Waals surface area contributed by atoms with Crippen molar-refractivity contribution >= 4 is 23.2 Å². The monoisotopic (exact) mass is 426 g/mol. The SMILES string of the molecule is Cc1ccc2c(c1)C1=C([C@H](c3ccc(Cl)cc3)O2)[C@@H](c2ccccc2)n2ncnc2N1. The third-order valence-corrected chi connectivity index (χ3v) is 6.11. The lowest BCUT2D eigenvalue weighted by Gasteiger charge is -2.39. The number of benzene rings is 3. The molecule has 0 radical (unpaired) electrons. The zero-order chi connectivity index (χ0) is 20.9. The van der Waals surface area contributed by atoms with E-state index in [1.54, 1.807) is 6.33 Å². The Hall–Kier alpha value is -3.57. The number of ether oxygens (including phenoxy) is 1. The normalized spacial score (nSPS) is 19.0. The zero-order valence-corrected chi connectivity index (χ0v) is 17.5. The predicted molar refractivity (Wildman–Crippen MR) is 121 cm³/mol. The van der Waals surface area contributed by atoms with Gasteiger partial charge in [-0.3, -0.25) is 0 Å². The molecule has 6 heteroatoms. The van der Waals surface area contributed by atoms with E-state index >= 15 is 0 Å². The van der Waals surface area contributed by atoms with E-state index in [4.69, 9.17) is 16.3 Å². The molecule has 2 aliphatic rings. The Balaban J connectivity index is 1.64. The molecule has 4 aromatic rings. The van der Waals surface area contributed by atoms with Crippen LogP contribution in [0.5, 0.6) is 5.75 Å². The second kappa shape index (κ2) is 7.00. The number of nitrogens with one attached hydrogen (secondary N) is 1. The molecule has 2 atom stereocenters. The van der Waals surface area contributed by atoms with Gasteiger partial charge in [0.25, 0.3) is 0 Å². The third kappa shape index (κ3) is 2.93. The Kier molecular flexibility index (Phi) is 4.11. The van der Waals surface area contributed by atoms with Crippen LogP contribution in [0.3, 0.4) is 0 Å². The van der Waals surface area contributed by atoms with Gasteiger partial charge in [0, 0.05) is 16.2 Å². The molecular formula is C25H19ClN4O. The van der Waals surface area contributed by atoms with Crippen LogP contribution in [0.25, 0.3) is 5.70 Å². The van der Waals surface area contributed by atoms with Crippen LogP contribution in [-0.4, -0.2) is 14.8 Å². The predicted octanol–water partition coefficient (Wildman–Crippen LogP) is 5.80. The summed E-state index contributed by atoms with van der Waals surface area (Å²) in [7, 11) is 0. The lowest BCUT2D eigenvalue weighted by molar-refractivity contribution is 0.223. The van der Waals surface area contributed by atoms with Crippen molar-refractivity contribution < 1.29 is 4.74 Å². The van der Waals surface area contributed by atoms with E-state index < -0.39 is 0 Å². The van der Waals surface area contributed by atoms with Crippen LogP contribution in [0.1, 0.15) is 34.4 Å². The number of anilines is 1. The maximum absolute atomic E-state index is 6.62. The van der Waals surface area contributed by atoms with Crippen molar-refractivity contribution in [2.24, 2.45) is 0 Å². The summed E-state index contributed by atoms with van der Waals surface area (Å²) in [6, 6.07) is 24.3. The van der Waals surface area contributed by atoms with Gasteiger partial charge < -0.3 is 10.1 Å². The number of fused-ring (bicyclic) bond motifs is 3. The minimum Gasteiger partial charge on any atom is -0.480 e. The molecule has 0 aliphatic carbocycles. The first kappa shape index (κ1) is 18.2. The Morgan fingerprint density at radius 2 is 1.77 bits per heavy atom. The number of hydrogen-bond donors (Lipinski definition) is 1. The van der Waals surface area contributed by atoms with Crippen LogP contribution >= 0.6 is 11.6 Å². The summed E-state index contributed by atoms with van der Waals surface area (Å²) >= 11 is 6.18. The van der Waals surface area contributed by atoms with Gasteiger partial charge in [0.2, 0.25) is 5.95 Å². The summed E-state index contributed by atoms with van der Waals surface area (Å²) in [5, 5.41) is 8.79. The molecule has 1 N–H and O–H groups in total. The van der Waals surface area contributed by atoms with Crippen molar-refractivity contribution in [1.29, 1.82) is 0 Å². The Morgan fingerprint density at radius 3 is 2.58 bits per heavy atom. The average Bonchev–Trinajstić information content (AvgIpc) is 3.27. The van der Waals surface area contributed by atoms with E-state index in [-0.39, 0.29) is 12.1 Å². The van der Waals surface area contributed by atoms with E-state index in [9.17, 15) is 0 Å². The summed E-state index contributed by atoms with van der Waals surface area (Å²) in [6.45, 7) is 2.09. The van der Waals surface area contributed by atoms with Crippen molar-refractivity contribution in [3.63, 3.8) is 0 Å². The van der Waals surface area contributed by atoms with Gasteiger partial charge in [-0.2, -0.15) is 10.1 Å². The van der Waals surface area contributed by atoms with E-state index in [0.29, 0.717) is 5.02 Å². The van der Waals surface area contributed by atoms with Gasteiger partial charge in [0.1, 0.15) is 24.2 Å². The molecule has 0 spiro atoms. The molecular weight excluding hydrogens is 408 g/mol. The Labute approximate surface area is 185 Å². The average molecular weight is 427 g/mol.